The van der Waals surface area contributed by atoms with Crippen molar-refractivity contribution < 1.29 is 9.59 Å². The van der Waals surface area contributed by atoms with Crippen LogP contribution in [-0.2, 0) is 11.2 Å². The third-order valence-electron chi connectivity index (χ3n) is 5.11. The quantitative estimate of drug-likeness (QED) is 0.531. The zero-order valence-electron chi connectivity index (χ0n) is 14.9. The molecule has 1 aliphatic heterocycles. The SMILES string of the molecule is NC(=O)c1ccsc1-c1ccc2cc(-c3cccc4c3NC(=O)C4)ccc2c1. The van der Waals surface area contributed by atoms with E-state index < -0.39 is 5.91 Å². The average Bonchev–Trinajstić information content (AvgIpc) is 3.32. The molecular weight excluding hydrogens is 368 g/mol. The lowest BCUT2D eigenvalue weighted by Gasteiger charge is -2.10. The zero-order chi connectivity index (χ0) is 19.3. The smallest absolute Gasteiger partial charge is 0.250 e. The van der Waals surface area contributed by atoms with Gasteiger partial charge in [0.25, 0.3) is 0 Å². The first-order valence-corrected chi connectivity index (χ1v) is 9.82. The largest absolute Gasteiger partial charge is 0.366 e. The van der Waals surface area contributed by atoms with Crippen LogP contribution in [-0.4, -0.2) is 11.8 Å². The predicted molar refractivity (Wildman–Crippen MR) is 114 cm³/mol. The maximum Gasteiger partial charge on any atom is 0.250 e. The van der Waals surface area contributed by atoms with E-state index in [2.05, 4.69) is 35.6 Å². The summed E-state index contributed by atoms with van der Waals surface area (Å²) in [6, 6.07) is 20.2. The Kier molecular flexibility index (Phi) is 3.77. The summed E-state index contributed by atoms with van der Waals surface area (Å²) in [6.45, 7) is 0. The van der Waals surface area contributed by atoms with Crippen molar-refractivity contribution in [2.24, 2.45) is 5.73 Å². The van der Waals surface area contributed by atoms with Crippen LogP contribution in [0.2, 0.25) is 0 Å². The van der Waals surface area contributed by atoms with E-state index in [9.17, 15) is 9.59 Å². The van der Waals surface area contributed by atoms with Crippen LogP contribution in [0.4, 0.5) is 5.69 Å². The van der Waals surface area contributed by atoms with Crippen LogP contribution in [0.5, 0.6) is 0 Å². The fourth-order valence-corrected chi connectivity index (χ4v) is 4.67. The molecule has 1 aliphatic rings. The van der Waals surface area contributed by atoms with Crippen molar-refractivity contribution in [3.63, 3.8) is 0 Å². The first kappa shape index (κ1) is 16.7. The van der Waals surface area contributed by atoms with Crippen molar-refractivity contribution in [2.75, 3.05) is 5.32 Å². The maximum atomic E-state index is 11.8. The molecule has 5 heteroatoms. The number of para-hydroxylation sites is 1. The monoisotopic (exact) mass is 384 g/mol. The van der Waals surface area contributed by atoms with Gasteiger partial charge in [-0.1, -0.05) is 42.5 Å². The molecule has 0 atom stereocenters. The summed E-state index contributed by atoms with van der Waals surface area (Å²) in [5.74, 6) is -0.374. The highest BCUT2D eigenvalue weighted by molar-refractivity contribution is 7.14. The summed E-state index contributed by atoms with van der Waals surface area (Å²) in [5, 5.41) is 7.04. The third-order valence-corrected chi connectivity index (χ3v) is 6.07. The van der Waals surface area contributed by atoms with Crippen molar-refractivity contribution in [3.8, 4) is 21.6 Å². The van der Waals surface area contributed by atoms with Crippen LogP contribution in [0.15, 0.2) is 66.0 Å². The number of benzene rings is 3. The Bertz CT molecular complexity index is 1270. The van der Waals surface area contributed by atoms with E-state index in [0.717, 1.165) is 43.6 Å². The molecule has 136 valence electrons. The minimum atomic E-state index is -0.410. The fourth-order valence-electron chi connectivity index (χ4n) is 3.77. The Morgan fingerprint density at radius 3 is 2.50 bits per heavy atom. The number of fused-ring (bicyclic) bond motifs is 2. The number of thiophene rings is 1. The molecule has 0 spiro atoms. The number of primary amides is 1. The fraction of sp³-hybridized carbons (Fsp3) is 0.0435. The number of rotatable bonds is 3. The van der Waals surface area contributed by atoms with Crippen molar-refractivity contribution in [3.05, 3.63) is 77.2 Å². The molecule has 0 fully saturated rings. The first-order valence-electron chi connectivity index (χ1n) is 8.94. The maximum absolute atomic E-state index is 11.8. The van der Waals surface area contributed by atoms with Gasteiger partial charge in [0, 0.05) is 10.4 Å². The van der Waals surface area contributed by atoms with E-state index in [1.165, 1.54) is 11.3 Å². The van der Waals surface area contributed by atoms with Gasteiger partial charge in [-0.15, -0.1) is 11.3 Å². The van der Waals surface area contributed by atoms with Crippen LogP contribution >= 0.6 is 11.3 Å². The van der Waals surface area contributed by atoms with Crippen LogP contribution in [0.25, 0.3) is 32.3 Å². The highest BCUT2D eigenvalue weighted by Crippen LogP contribution is 2.37. The first-order chi connectivity index (χ1) is 13.6. The van der Waals surface area contributed by atoms with Gasteiger partial charge >= 0.3 is 0 Å². The highest BCUT2D eigenvalue weighted by Gasteiger charge is 2.21. The number of nitrogens with one attached hydrogen (secondary N) is 1. The summed E-state index contributed by atoms with van der Waals surface area (Å²) < 4.78 is 0. The number of carbonyl (C=O) groups is 2. The van der Waals surface area contributed by atoms with Gasteiger partial charge in [0.15, 0.2) is 0 Å². The van der Waals surface area contributed by atoms with Gasteiger partial charge in [0.05, 0.1) is 17.7 Å². The lowest BCUT2D eigenvalue weighted by atomic mass is 9.96. The summed E-state index contributed by atoms with van der Waals surface area (Å²) in [4.78, 5) is 24.3. The second kappa shape index (κ2) is 6.32. The molecule has 0 saturated carbocycles. The second-order valence-corrected chi connectivity index (χ2v) is 7.79. The van der Waals surface area contributed by atoms with E-state index >= 15 is 0 Å². The van der Waals surface area contributed by atoms with E-state index in [1.54, 1.807) is 6.07 Å². The van der Waals surface area contributed by atoms with Gasteiger partial charge in [-0.2, -0.15) is 0 Å². The molecule has 0 aliphatic carbocycles. The second-order valence-electron chi connectivity index (χ2n) is 6.87. The third kappa shape index (κ3) is 2.68. The molecule has 4 nitrogen and oxygen atoms in total. The van der Waals surface area contributed by atoms with Gasteiger partial charge in [-0.05, 0) is 51.0 Å². The lowest BCUT2D eigenvalue weighted by Crippen LogP contribution is -2.10. The molecule has 4 aromatic rings. The van der Waals surface area contributed by atoms with Crippen LogP contribution in [0, 0.1) is 0 Å². The molecule has 2 amide bonds. The van der Waals surface area contributed by atoms with Crippen molar-refractivity contribution in [1.29, 1.82) is 0 Å². The molecule has 0 unspecified atom stereocenters. The highest BCUT2D eigenvalue weighted by atomic mass is 32.1. The molecule has 3 N–H and O–H groups in total. The van der Waals surface area contributed by atoms with Crippen LogP contribution in [0.1, 0.15) is 15.9 Å². The number of anilines is 1. The molecule has 1 aromatic heterocycles. The number of hydrogen-bond acceptors (Lipinski definition) is 3. The summed E-state index contributed by atoms with van der Waals surface area (Å²) >= 11 is 1.51. The van der Waals surface area contributed by atoms with E-state index in [1.807, 2.05) is 29.6 Å². The average molecular weight is 384 g/mol. The Labute approximate surface area is 165 Å². The molecule has 28 heavy (non-hydrogen) atoms. The number of carbonyl (C=O) groups excluding carboxylic acids is 2. The number of hydrogen-bond donors (Lipinski definition) is 2. The number of nitrogens with two attached hydrogens (primary N) is 1. The van der Waals surface area contributed by atoms with Gasteiger partial charge < -0.3 is 11.1 Å². The molecule has 0 saturated heterocycles. The summed E-state index contributed by atoms with van der Waals surface area (Å²) in [7, 11) is 0. The summed E-state index contributed by atoms with van der Waals surface area (Å²) in [6.07, 6.45) is 0.434. The minimum Gasteiger partial charge on any atom is -0.366 e. The van der Waals surface area contributed by atoms with Crippen molar-refractivity contribution in [2.45, 2.75) is 6.42 Å². The zero-order valence-corrected chi connectivity index (χ0v) is 15.7. The minimum absolute atomic E-state index is 0.0362. The van der Waals surface area contributed by atoms with Crippen LogP contribution in [0.3, 0.4) is 0 Å². The van der Waals surface area contributed by atoms with Gasteiger partial charge in [-0.25, -0.2) is 0 Å². The Hall–Kier alpha value is -3.44. The lowest BCUT2D eigenvalue weighted by molar-refractivity contribution is -0.115. The normalized spacial score (nSPS) is 12.8. The van der Waals surface area contributed by atoms with E-state index in [-0.39, 0.29) is 5.91 Å². The molecular formula is C23H16N2O2S. The Morgan fingerprint density at radius 1 is 0.964 bits per heavy atom. The molecule has 5 rings (SSSR count). The van der Waals surface area contributed by atoms with Crippen molar-refractivity contribution in [1.82, 2.24) is 0 Å². The topological polar surface area (TPSA) is 72.2 Å². The van der Waals surface area contributed by atoms with Crippen molar-refractivity contribution >= 4 is 39.6 Å². The predicted octanol–water partition coefficient (Wildman–Crippen LogP) is 4.83. The molecule has 2 heterocycles. The number of amides is 2. The molecule has 3 aromatic carbocycles. The van der Waals surface area contributed by atoms with Gasteiger partial charge in [0.2, 0.25) is 11.8 Å². The summed E-state index contributed by atoms with van der Waals surface area (Å²) in [5.41, 5.74) is 11.1. The molecule has 0 bridgehead atoms. The Balaban J connectivity index is 1.59. The van der Waals surface area contributed by atoms with Crippen LogP contribution < -0.4 is 11.1 Å². The standard InChI is InChI=1S/C23H16N2O2S/c24-23(27)19-8-9-28-22(19)17-7-5-13-10-15(6-4-14(13)11-17)18-3-1-2-16-12-20(26)25-21(16)18/h1-11H,12H2,(H2,24,27)(H,25,26). The van der Waals surface area contributed by atoms with E-state index in [4.69, 9.17) is 5.73 Å². The molecule has 0 radical (unpaired) electrons. The van der Waals surface area contributed by atoms with E-state index in [0.29, 0.717) is 12.0 Å². The Morgan fingerprint density at radius 2 is 1.71 bits per heavy atom. The van der Waals surface area contributed by atoms with Gasteiger partial charge in [0.1, 0.15) is 0 Å². The van der Waals surface area contributed by atoms with Gasteiger partial charge in [-0.3, -0.25) is 9.59 Å².